The molecule has 4 unspecified atom stereocenters. The van der Waals surface area contributed by atoms with Crippen molar-refractivity contribution in [3.05, 3.63) is 83.6 Å². The molecule has 0 bridgehead atoms. The number of urea groups is 1. The number of aryl methyl sites for hydroxylation is 1. The number of benzene rings is 2. The zero-order valence-electron chi connectivity index (χ0n) is 29.0. The summed E-state index contributed by atoms with van der Waals surface area (Å²) in [5.74, 6) is 2.05. The predicted octanol–water partition coefficient (Wildman–Crippen LogP) is 8.25. The molecular weight excluding hydrogens is 600 g/mol. The normalized spacial score (nSPS) is 21.5. The number of carbonyl (C=O) groups is 1. The molecule has 1 aliphatic heterocycles. The summed E-state index contributed by atoms with van der Waals surface area (Å²) in [7, 11) is 0. The zero-order valence-corrected chi connectivity index (χ0v) is 29.0. The number of aliphatic imine (C=N–C) groups is 1. The van der Waals surface area contributed by atoms with Gasteiger partial charge in [-0.2, -0.15) is 0 Å². The highest BCUT2D eigenvalue weighted by atomic mass is 16.5. The Morgan fingerprint density at radius 1 is 0.958 bits per heavy atom. The lowest BCUT2D eigenvalue weighted by molar-refractivity contribution is 0.171. The Kier molecular flexibility index (Phi) is 9.53. The van der Waals surface area contributed by atoms with Crippen molar-refractivity contribution >= 4 is 34.9 Å². The van der Waals surface area contributed by atoms with Crippen molar-refractivity contribution in [2.75, 3.05) is 4.90 Å². The Hall–Kier alpha value is -4.73. The molecule has 10 nitrogen and oxygen atoms in total. The summed E-state index contributed by atoms with van der Waals surface area (Å²) in [5.41, 5.74) is 4.90. The molecule has 10 heteroatoms. The molecule has 0 radical (unpaired) electrons. The van der Waals surface area contributed by atoms with Crippen LogP contribution in [0, 0.1) is 17.7 Å². The van der Waals surface area contributed by atoms with Gasteiger partial charge < -0.3 is 20.4 Å². The van der Waals surface area contributed by atoms with Gasteiger partial charge in [-0.15, -0.1) is 10.2 Å². The second kappa shape index (κ2) is 13.8. The lowest BCUT2D eigenvalue weighted by atomic mass is 9.85. The summed E-state index contributed by atoms with van der Waals surface area (Å²) in [4.78, 5) is 20.6. The van der Waals surface area contributed by atoms with Gasteiger partial charge in [-0.25, -0.2) is 9.79 Å². The first-order chi connectivity index (χ1) is 23.0. The molecule has 2 amide bonds. The SMILES string of the molecule is Cc1ccc(N=C(CC(=N)C(C)(C)C)NC(=O)NC2CCC(Oc3ccc4nnc(N5C(C)CCCC5C)n4c3)c3ccccc32)cc1. The molecule has 4 atom stereocenters. The van der Waals surface area contributed by atoms with E-state index >= 15 is 0 Å². The summed E-state index contributed by atoms with van der Waals surface area (Å²) in [6, 6.07) is 20.2. The van der Waals surface area contributed by atoms with Crippen molar-refractivity contribution in [3.63, 3.8) is 0 Å². The van der Waals surface area contributed by atoms with Gasteiger partial charge in [0.05, 0.1) is 17.9 Å². The third-order valence-corrected chi connectivity index (χ3v) is 9.61. The van der Waals surface area contributed by atoms with Crippen molar-refractivity contribution in [3.8, 4) is 5.75 Å². The van der Waals surface area contributed by atoms with Crippen molar-refractivity contribution < 1.29 is 9.53 Å². The number of aromatic nitrogens is 3. The van der Waals surface area contributed by atoms with E-state index in [-0.39, 0.29) is 30.0 Å². The van der Waals surface area contributed by atoms with Crippen molar-refractivity contribution in [1.29, 1.82) is 5.41 Å². The molecule has 48 heavy (non-hydrogen) atoms. The first-order valence-electron chi connectivity index (χ1n) is 17.1. The largest absolute Gasteiger partial charge is 0.484 e. The number of carbonyl (C=O) groups excluding carboxylic acids is 1. The molecule has 1 saturated heterocycles. The number of amidine groups is 1. The summed E-state index contributed by atoms with van der Waals surface area (Å²) in [6.45, 7) is 12.5. The van der Waals surface area contributed by atoms with Gasteiger partial charge in [0.2, 0.25) is 5.95 Å². The van der Waals surface area contributed by atoms with E-state index in [2.05, 4.69) is 51.7 Å². The second-order valence-corrected chi connectivity index (χ2v) is 14.4. The predicted molar refractivity (Wildman–Crippen MR) is 192 cm³/mol. The Morgan fingerprint density at radius 2 is 1.67 bits per heavy atom. The van der Waals surface area contributed by atoms with E-state index in [1.54, 1.807) is 0 Å². The van der Waals surface area contributed by atoms with Crippen LogP contribution in [-0.2, 0) is 0 Å². The highest BCUT2D eigenvalue weighted by Crippen LogP contribution is 2.39. The van der Waals surface area contributed by atoms with E-state index < -0.39 is 0 Å². The number of fused-ring (bicyclic) bond motifs is 2. The van der Waals surface area contributed by atoms with Gasteiger partial charge in [0.15, 0.2) is 5.65 Å². The zero-order chi connectivity index (χ0) is 34.0. The number of hydrogen-bond acceptors (Lipinski definition) is 7. The molecule has 4 aromatic rings. The third-order valence-electron chi connectivity index (χ3n) is 9.61. The van der Waals surface area contributed by atoms with Gasteiger partial charge in [-0.1, -0.05) is 62.7 Å². The van der Waals surface area contributed by atoms with Gasteiger partial charge in [0.1, 0.15) is 17.7 Å². The molecule has 0 spiro atoms. The van der Waals surface area contributed by atoms with Crippen LogP contribution in [0.2, 0.25) is 0 Å². The van der Waals surface area contributed by atoms with Crippen molar-refractivity contribution in [2.24, 2.45) is 10.4 Å². The van der Waals surface area contributed by atoms with Crippen LogP contribution in [0.4, 0.5) is 16.4 Å². The van der Waals surface area contributed by atoms with Crippen LogP contribution in [0.15, 0.2) is 71.9 Å². The molecule has 3 N–H and O–H groups in total. The first-order valence-corrected chi connectivity index (χ1v) is 17.1. The number of ether oxygens (including phenoxy) is 1. The maximum Gasteiger partial charge on any atom is 0.320 e. The molecule has 2 aliphatic rings. The van der Waals surface area contributed by atoms with Crippen LogP contribution in [0.25, 0.3) is 5.65 Å². The average molecular weight is 649 g/mol. The molecule has 1 aliphatic carbocycles. The second-order valence-electron chi connectivity index (χ2n) is 14.4. The number of anilines is 1. The standard InChI is InChI=1S/C38H48N8O2/c1-24-14-16-27(17-15-24)40-34(22-33(39)38(4,5)6)42-36(47)41-31-19-20-32(30-13-8-7-12-29(30)31)48-28-18-21-35-43-44-37(45(35)23-28)46-25(2)10-9-11-26(46)3/h7-8,12-18,21,23,25-26,31-32,39H,9-11,19-20,22H2,1-6H3,(H2,40,41,42,47). The first kappa shape index (κ1) is 33.2. The van der Waals surface area contributed by atoms with Crippen LogP contribution in [-0.4, -0.2) is 44.3 Å². The highest BCUT2D eigenvalue weighted by Gasteiger charge is 2.31. The number of nitrogens with zero attached hydrogens (tertiary/aromatic N) is 5. The summed E-state index contributed by atoms with van der Waals surface area (Å²) in [6.07, 6.45) is 7.03. The smallest absolute Gasteiger partial charge is 0.320 e. The molecule has 1 fully saturated rings. The summed E-state index contributed by atoms with van der Waals surface area (Å²) < 4.78 is 8.71. The monoisotopic (exact) mass is 648 g/mol. The molecule has 2 aromatic heterocycles. The van der Waals surface area contributed by atoms with Crippen molar-refractivity contribution in [1.82, 2.24) is 25.2 Å². The average Bonchev–Trinajstić information content (AvgIpc) is 3.45. The van der Waals surface area contributed by atoms with Crippen LogP contribution in [0.3, 0.4) is 0 Å². The fourth-order valence-electron chi connectivity index (χ4n) is 6.75. The van der Waals surface area contributed by atoms with E-state index in [1.807, 2.05) is 86.8 Å². The van der Waals surface area contributed by atoms with E-state index in [4.69, 9.17) is 15.1 Å². The van der Waals surface area contributed by atoms with Gasteiger partial charge in [0.25, 0.3) is 0 Å². The number of pyridine rings is 1. The fraction of sp³-hybridized carbons (Fsp3) is 0.447. The molecule has 6 rings (SSSR count). The van der Waals surface area contributed by atoms with Gasteiger partial charge in [-0.05, 0) is 93.7 Å². The maximum atomic E-state index is 13.5. The van der Waals surface area contributed by atoms with E-state index in [9.17, 15) is 4.79 Å². The van der Waals surface area contributed by atoms with Crippen LogP contribution >= 0.6 is 0 Å². The molecule has 3 heterocycles. The maximum absolute atomic E-state index is 13.5. The summed E-state index contributed by atoms with van der Waals surface area (Å²) >= 11 is 0. The molecule has 0 saturated carbocycles. The lowest BCUT2D eigenvalue weighted by Gasteiger charge is -2.39. The van der Waals surface area contributed by atoms with E-state index in [1.165, 1.54) is 6.42 Å². The Bertz CT molecular complexity index is 1800. The minimum atomic E-state index is -0.339. The van der Waals surface area contributed by atoms with E-state index in [0.29, 0.717) is 30.1 Å². The number of nitrogens with one attached hydrogen (secondary N) is 3. The minimum Gasteiger partial charge on any atom is -0.484 e. The van der Waals surface area contributed by atoms with Crippen molar-refractivity contribution in [2.45, 2.75) is 104 Å². The Labute approximate surface area is 283 Å². The number of rotatable bonds is 7. The molecular formula is C38H48N8O2. The Balaban J connectivity index is 1.18. The van der Waals surface area contributed by atoms with Gasteiger partial charge in [-0.3, -0.25) is 9.72 Å². The van der Waals surface area contributed by atoms with Gasteiger partial charge >= 0.3 is 6.03 Å². The Morgan fingerprint density at radius 3 is 2.38 bits per heavy atom. The molecule has 2 aromatic carbocycles. The van der Waals surface area contributed by atoms with Gasteiger partial charge in [0, 0.05) is 24.2 Å². The molecule has 252 valence electrons. The summed E-state index contributed by atoms with van der Waals surface area (Å²) in [5, 5.41) is 23.8. The van der Waals surface area contributed by atoms with E-state index in [0.717, 1.165) is 59.0 Å². The topological polar surface area (TPSA) is 120 Å². The van der Waals surface area contributed by atoms with Crippen LogP contribution in [0.5, 0.6) is 5.75 Å². The fourth-order valence-corrected chi connectivity index (χ4v) is 6.75. The quantitative estimate of drug-likeness (QED) is 0.138. The number of hydrogen-bond donors (Lipinski definition) is 3. The van der Waals surface area contributed by atoms with Crippen LogP contribution in [0.1, 0.15) is 102 Å². The number of amides is 2. The number of piperidine rings is 1. The van der Waals surface area contributed by atoms with Crippen LogP contribution < -0.4 is 20.3 Å². The minimum absolute atomic E-state index is 0.168. The third kappa shape index (κ3) is 7.37. The lowest BCUT2D eigenvalue weighted by Crippen LogP contribution is -2.44. The highest BCUT2D eigenvalue weighted by molar-refractivity contribution is 6.09.